The van der Waals surface area contributed by atoms with Crippen molar-refractivity contribution in [1.29, 1.82) is 0 Å². The van der Waals surface area contributed by atoms with Crippen LogP contribution in [0.5, 0.6) is 0 Å². The van der Waals surface area contributed by atoms with Crippen molar-refractivity contribution in [3.05, 3.63) is 87.2 Å². The SMILES string of the molecule is O=C(CC1c2cccn2CCN1Sc1ccc(Cl)c(Cl)c1)NC1CCc2cc(CN3CCCCC3)ccc2C1. The third-order valence-corrected chi connectivity index (χ3v) is 10.2. The van der Waals surface area contributed by atoms with Crippen LogP contribution < -0.4 is 5.32 Å². The maximum Gasteiger partial charge on any atom is 0.222 e. The molecule has 5 nitrogen and oxygen atoms in total. The number of fused-ring (bicyclic) bond motifs is 2. The highest BCUT2D eigenvalue weighted by Gasteiger charge is 2.31. The highest BCUT2D eigenvalue weighted by atomic mass is 35.5. The Hall–Kier alpha value is -1.96. The van der Waals surface area contributed by atoms with Crippen LogP contribution in [-0.4, -0.2) is 45.4 Å². The number of carbonyl (C=O) groups is 1. The monoisotopic (exact) mass is 582 g/mol. The van der Waals surface area contributed by atoms with Crippen LogP contribution in [0.3, 0.4) is 0 Å². The molecule has 1 fully saturated rings. The maximum absolute atomic E-state index is 13.4. The summed E-state index contributed by atoms with van der Waals surface area (Å²) in [4.78, 5) is 17.0. The van der Waals surface area contributed by atoms with Gasteiger partial charge in [-0.25, -0.2) is 4.31 Å². The molecule has 2 aliphatic heterocycles. The average molecular weight is 584 g/mol. The second-order valence-electron chi connectivity index (χ2n) is 11.1. The number of aromatic nitrogens is 1. The minimum atomic E-state index is -0.0126. The van der Waals surface area contributed by atoms with Crippen LogP contribution in [0.15, 0.2) is 59.6 Å². The first-order valence-corrected chi connectivity index (χ1v) is 15.7. The molecule has 0 bridgehead atoms. The van der Waals surface area contributed by atoms with E-state index in [2.05, 4.69) is 55.6 Å². The molecule has 0 radical (unpaired) electrons. The van der Waals surface area contributed by atoms with E-state index in [9.17, 15) is 4.79 Å². The van der Waals surface area contributed by atoms with Gasteiger partial charge in [0.05, 0.1) is 16.1 Å². The Bertz CT molecular complexity index is 1320. The number of nitrogens with one attached hydrogen (secondary N) is 1. The largest absolute Gasteiger partial charge is 0.353 e. The molecule has 2 aromatic carbocycles. The van der Waals surface area contributed by atoms with Gasteiger partial charge in [0, 0.05) is 48.9 Å². The quantitative estimate of drug-likeness (QED) is 0.307. The van der Waals surface area contributed by atoms with Crippen molar-refractivity contribution in [2.45, 2.75) is 75.0 Å². The van der Waals surface area contributed by atoms with Gasteiger partial charge < -0.3 is 9.88 Å². The predicted molar refractivity (Wildman–Crippen MR) is 160 cm³/mol. The van der Waals surface area contributed by atoms with Crippen LogP contribution in [-0.2, 0) is 30.7 Å². The van der Waals surface area contributed by atoms with Crippen LogP contribution in [0.2, 0.25) is 10.0 Å². The van der Waals surface area contributed by atoms with Crippen molar-refractivity contribution >= 4 is 41.1 Å². The van der Waals surface area contributed by atoms with Gasteiger partial charge in [0.1, 0.15) is 0 Å². The summed E-state index contributed by atoms with van der Waals surface area (Å²) in [6.45, 7) is 5.25. The zero-order chi connectivity index (χ0) is 26.8. The lowest BCUT2D eigenvalue weighted by Gasteiger charge is -2.36. The summed E-state index contributed by atoms with van der Waals surface area (Å²) in [5.74, 6) is 0.115. The van der Waals surface area contributed by atoms with Crippen molar-refractivity contribution in [2.24, 2.45) is 0 Å². The van der Waals surface area contributed by atoms with E-state index in [0.29, 0.717) is 16.5 Å². The highest BCUT2D eigenvalue weighted by Crippen LogP contribution is 2.39. The van der Waals surface area contributed by atoms with Crippen LogP contribution in [0.1, 0.15) is 60.5 Å². The molecule has 1 saturated heterocycles. The molecule has 1 N–H and O–H groups in total. The van der Waals surface area contributed by atoms with Crippen LogP contribution >= 0.6 is 35.1 Å². The van der Waals surface area contributed by atoms with Gasteiger partial charge >= 0.3 is 0 Å². The fraction of sp³-hybridized carbons (Fsp3) is 0.452. The van der Waals surface area contributed by atoms with E-state index in [1.807, 2.05) is 18.2 Å². The number of aryl methyl sites for hydroxylation is 1. The molecule has 1 amide bonds. The number of halogens is 2. The third kappa shape index (κ3) is 6.52. The maximum atomic E-state index is 13.4. The molecule has 3 aliphatic rings. The van der Waals surface area contributed by atoms with Gasteiger partial charge in [0.2, 0.25) is 5.91 Å². The standard InChI is InChI=1S/C31H36Cl2N4OS/c32-27-11-10-26(19-28(27)33)39-37-16-15-36-14-4-5-29(36)30(37)20-31(38)34-25-9-8-23-17-22(6-7-24(23)18-25)21-35-12-2-1-3-13-35/h4-7,10-11,14,17,19,25,30H,1-3,8-9,12-13,15-16,18,20-21H2,(H,34,38). The number of benzene rings is 2. The molecular formula is C31H36Cl2N4OS. The summed E-state index contributed by atoms with van der Waals surface area (Å²) < 4.78 is 4.58. The van der Waals surface area contributed by atoms with E-state index in [4.69, 9.17) is 23.2 Å². The Balaban J connectivity index is 1.09. The molecule has 1 aromatic heterocycles. The van der Waals surface area contributed by atoms with Gasteiger partial charge in [-0.2, -0.15) is 0 Å². The van der Waals surface area contributed by atoms with Gasteiger partial charge in [-0.15, -0.1) is 0 Å². The first-order valence-electron chi connectivity index (χ1n) is 14.2. The Morgan fingerprint density at radius 1 is 0.949 bits per heavy atom. The summed E-state index contributed by atoms with van der Waals surface area (Å²) in [6, 6.07) is 17.1. The van der Waals surface area contributed by atoms with E-state index >= 15 is 0 Å². The third-order valence-electron chi connectivity index (χ3n) is 8.33. The van der Waals surface area contributed by atoms with Crippen LogP contribution in [0, 0.1) is 0 Å². The van der Waals surface area contributed by atoms with Gasteiger partial charge in [-0.05, 0) is 104 Å². The van der Waals surface area contributed by atoms with Gasteiger partial charge in [-0.1, -0.05) is 47.8 Å². The minimum Gasteiger partial charge on any atom is -0.353 e. The lowest BCUT2D eigenvalue weighted by molar-refractivity contribution is -0.122. The number of carbonyl (C=O) groups excluding carboxylic acids is 1. The lowest BCUT2D eigenvalue weighted by Crippen LogP contribution is -2.42. The summed E-state index contributed by atoms with van der Waals surface area (Å²) in [7, 11) is 0. The summed E-state index contributed by atoms with van der Waals surface area (Å²) in [5.41, 5.74) is 5.46. The average Bonchev–Trinajstić information content (AvgIpc) is 3.42. The molecule has 0 saturated carbocycles. The van der Waals surface area contributed by atoms with Crippen molar-refractivity contribution < 1.29 is 4.79 Å². The molecule has 6 rings (SSSR count). The first kappa shape index (κ1) is 27.2. The summed E-state index contributed by atoms with van der Waals surface area (Å²) in [6.07, 6.45) is 9.49. The number of hydrogen-bond donors (Lipinski definition) is 1. The molecule has 0 spiro atoms. The van der Waals surface area contributed by atoms with E-state index in [1.54, 1.807) is 11.9 Å². The molecule has 1 aliphatic carbocycles. The zero-order valence-corrected chi connectivity index (χ0v) is 24.6. The smallest absolute Gasteiger partial charge is 0.222 e. The van der Waals surface area contributed by atoms with Crippen molar-refractivity contribution in [1.82, 2.24) is 19.1 Å². The lowest BCUT2D eigenvalue weighted by atomic mass is 9.87. The van der Waals surface area contributed by atoms with E-state index in [1.165, 1.54) is 54.7 Å². The van der Waals surface area contributed by atoms with E-state index < -0.39 is 0 Å². The minimum absolute atomic E-state index is 0.0126. The topological polar surface area (TPSA) is 40.5 Å². The van der Waals surface area contributed by atoms with Crippen molar-refractivity contribution in [2.75, 3.05) is 19.6 Å². The van der Waals surface area contributed by atoms with E-state index in [-0.39, 0.29) is 18.0 Å². The van der Waals surface area contributed by atoms with Gasteiger partial charge in [0.15, 0.2) is 0 Å². The Morgan fingerprint density at radius 3 is 2.67 bits per heavy atom. The Morgan fingerprint density at radius 2 is 1.82 bits per heavy atom. The van der Waals surface area contributed by atoms with Gasteiger partial charge in [-0.3, -0.25) is 9.69 Å². The fourth-order valence-electron chi connectivity index (χ4n) is 6.30. The Kier molecular flexibility index (Phi) is 8.57. The first-order chi connectivity index (χ1) is 19.0. The fourth-order valence-corrected chi connectivity index (χ4v) is 7.71. The predicted octanol–water partition coefficient (Wildman–Crippen LogP) is 6.91. The second kappa shape index (κ2) is 12.3. The van der Waals surface area contributed by atoms with Crippen LogP contribution in [0.4, 0.5) is 0 Å². The highest BCUT2D eigenvalue weighted by molar-refractivity contribution is 7.97. The van der Waals surface area contributed by atoms with E-state index in [0.717, 1.165) is 43.8 Å². The molecule has 206 valence electrons. The molecule has 39 heavy (non-hydrogen) atoms. The number of hydrogen-bond acceptors (Lipinski definition) is 4. The molecular weight excluding hydrogens is 547 g/mol. The number of rotatable bonds is 7. The summed E-state index contributed by atoms with van der Waals surface area (Å²) >= 11 is 14.1. The normalized spacial score (nSPS) is 21.8. The molecule has 8 heteroatoms. The number of amides is 1. The molecule has 3 heterocycles. The Labute approximate surface area is 246 Å². The van der Waals surface area contributed by atoms with Crippen LogP contribution in [0.25, 0.3) is 0 Å². The molecule has 3 aromatic rings. The summed E-state index contributed by atoms with van der Waals surface area (Å²) in [5, 5.41) is 4.48. The number of nitrogens with zero attached hydrogens (tertiary/aromatic N) is 3. The number of likely N-dealkylation sites (tertiary alicyclic amines) is 1. The van der Waals surface area contributed by atoms with Crippen molar-refractivity contribution in [3.8, 4) is 0 Å². The van der Waals surface area contributed by atoms with Crippen molar-refractivity contribution in [3.63, 3.8) is 0 Å². The second-order valence-corrected chi connectivity index (χ2v) is 13.0. The zero-order valence-electron chi connectivity index (χ0n) is 22.3. The number of piperidine rings is 1. The molecule has 2 unspecified atom stereocenters. The molecule has 2 atom stereocenters. The van der Waals surface area contributed by atoms with Gasteiger partial charge in [0.25, 0.3) is 0 Å².